The van der Waals surface area contributed by atoms with Crippen LogP contribution < -0.4 is 5.32 Å². The number of carbonyl (C=O) groups excluding carboxylic acids is 3. The minimum Gasteiger partial charge on any atom is -0.324 e. The molecule has 3 amide bonds. The first kappa shape index (κ1) is 15.8. The van der Waals surface area contributed by atoms with Crippen LogP contribution in [0.3, 0.4) is 0 Å². The number of hydrogen-bond acceptors (Lipinski definition) is 3. The van der Waals surface area contributed by atoms with Crippen molar-refractivity contribution in [2.75, 3.05) is 11.9 Å². The van der Waals surface area contributed by atoms with Gasteiger partial charge in [0.1, 0.15) is 6.54 Å². The SMILES string of the molecule is Cc1ccc(NC(=O)CN2C(=O)[C@@H]3[C@H]4C=C[C@@H]([C@@H]5C[C@@H]45)[C@@H]3C2=O)c(C)c1. The molecule has 2 saturated carbocycles. The van der Waals surface area contributed by atoms with Gasteiger partial charge >= 0.3 is 0 Å². The molecule has 5 aliphatic rings. The van der Waals surface area contributed by atoms with Gasteiger partial charge in [0.2, 0.25) is 17.7 Å². The number of allylic oxidation sites excluding steroid dienone is 2. The zero-order valence-electron chi connectivity index (χ0n) is 14.9. The van der Waals surface area contributed by atoms with Crippen LogP contribution in [-0.2, 0) is 14.4 Å². The number of anilines is 1. The zero-order valence-corrected chi connectivity index (χ0v) is 14.9. The summed E-state index contributed by atoms with van der Waals surface area (Å²) in [5.74, 6) is 0.436. The van der Waals surface area contributed by atoms with Crippen LogP contribution in [0.25, 0.3) is 0 Å². The fraction of sp³-hybridized carbons (Fsp3) is 0.476. The highest BCUT2D eigenvalue weighted by molar-refractivity contribution is 6.09. The number of hydrogen-bond donors (Lipinski definition) is 1. The average Bonchev–Trinajstić information content (AvgIpc) is 3.39. The second kappa shape index (κ2) is 5.29. The first-order chi connectivity index (χ1) is 12.5. The number of nitrogens with one attached hydrogen (secondary N) is 1. The Hall–Kier alpha value is -2.43. The lowest BCUT2D eigenvalue weighted by Gasteiger charge is -2.37. The molecular formula is C21H22N2O3. The van der Waals surface area contributed by atoms with Crippen molar-refractivity contribution in [2.45, 2.75) is 20.3 Å². The molecular weight excluding hydrogens is 328 g/mol. The first-order valence-electron chi connectivity index (χ1n) is 9.36. The predicted octanol–water partition coefficient (Wildman–Crippen LogP) is 2.30. The molecule has 2 bridgehead atoms. The van der Waals surface area contributed by atoms with Gasteiger partial charge in [-0.1, -0.05) is 29.8 Å². The standard InChI is InChI=1S/C21H22N2O3/c1-10-3-6-16(11(2)7-10)22-17(24)9-23-20(25)18-12-4-5-13(15-8-14(12)15)19(18)21(23)26/h3-7,12-15,18-19H,8-9H2,1-2H3,(H,22,24)/t12-,13-,14-,15-,18-,19+/m0/s1. The Bertz CT molecular complexity index is 838. The molecule has 134 valence electrons. The maximum Gasteiger partial charge on any atom is 0.244 e. The van der Waals surface area contributed by atoms with Gasteiger partial charge in [-0.3, -0.25) is 19.3 Å². The number of aryl methyl sites for hydroxylation is 2. The van der Waals surface area contributed by atoms with Crippen LogP contribution in [0.4, 0.5) is 5.69 Å². The number of benzene rings is 1. The lowest BCUT2D eigenvalue weighted by molar-refractivity contribution is -0.142. The molecule has 26 heavy (non-hydrogen) atoms. The summed E-state index contributed by atoms with van der Waals surface area (Å²) in [6, 6.07) is 5.78. The normalized spacial score (nSPS) is 36.2. The molecule has 1 aromatic carbocycles. The van der Waals surface area contributed by atoms with E-state index in [0.29, 0.717) is 11.8 Å². The van der Waals surface area contributed by atoms with Gasteiger partial charge in [-0.05, 0) is 55.6 Å². The lowest BCUT2D eigenvalue weighted by atomic mass is 9.63. The zero-order chi connectivity index (χ0) is 18.2. The monoisotopic (exact) mass is 350 g/mol. The molecule has 3 fully saturated rings. The number of likely N-dealkylation sites (tertiary alicyclic amines) is 1. The molecule has 0 radical (unpaired) electrons. The molecule has 0 aromatic heterocycles. The largest absolute Gasteiger partial charge is 0.324 e. The number of imide groups is 1. The van der Waals surface area contributed by atoms with Gasteiger partial charge in [0.05, 0.1) is 11.8 Å². The smallest absolute Gasteiger partial charge is 0.244 e. The second-order valence-electron chi connectivity index (χ2n) is 8.28. The highest BCUT2D eigenvalue weighted by atomic mass is 16.2. The third-order valence-corrected chi connectivity index (χ3v) is 6.71. The topological polar surface area (TPSA) is 66.5 Å². The Labute approximate surface area is 152 Å². The first-order valence-corrected chi connectivity index (χ1v) is 9.36. The molecule has 1 aliphatic heterocycles. The van der Waals surface area contributed by atoms with Gasteiger partial charge in [0, 0.05) is 5.69 Å². The van der Waals surface area contributed by atoms with E-state index < -0.39 is 0 Å². The van der Waals surface area contributed by atoms with E-state index in [-0.39, 0.29) is 47.9 Å². The van der Waals surface area contributed by atoms with Crippen molar-refractivity contribution in [2.24, 2.45) is 35.5 Å². The molecule has 5 heteroatoms. The fourth-order valence-corrected chi connectivity index (χ4v) is 5.46. The van der Waals surface area contributed by atoms with Gasteiger partial charge in [-0.25, -0.2) is 0 Å². The maximum atomic E-state index is 12.9. The van der Waals surface area contributed by atoms with Crippen LogP contribution in [0, 0.1) is 49.4 Å². The molecule has 1 N–H and O–H groups in total. The number of amides is 3. The van der Waals surface area contributed by atoms with E-state index in [0.717, 1.165) is 23.2 Å². The Morgan fingerprint density at radius 3 is 2.27 bits per heavy atom. The van der Waals surface area contributed by atoms with Crippen LogP contribution in [0.5, 0.6) is 0 Å². The predicted molar refractivity (Wildman–Crippen MR) is 96.0 cm³/mol. The van der Waals surface area contributed by atoms with Crippen molar-refractivity contribution in [1.29, 1.82) is 0 Å². The molecule has 6 rings (SSSR count). The summed E-state index contributed by atoms with van der Waals surface area (Å²) in [6.07, 6.45) is 5.43. The van der Waals surface area contributed by atoms with Crippen LogP contribution in [0.2, 0.25) is 0 Å². The van der Waals surface area contributed by atoms with E-state index in [2.05, 4.69) is 17.5 Å². The number of nitrogens with zero attached hydrogens (tertiary/aromatic N) is 1. The Kier molecular flexibility index (Phi) is 3.21. The lowest BCUT2D eigenvalue weighted by Crippen LogP contribution is -2.40. The summed E-state index contributed by atoms with van der Waals surface area (Å²) < 4.78 is 0. The summed E-state index contributed by atoms with van der Waals surface area (Å²) in [6.45, 7) is 3.74. The number of rotatable bonds is 3. The van der Waals surface area contributed by atoms with E-state index >= 15 is 0 Å². The third kappa shape index (κ3) is 2.12. The molecule has 0 unspecified atom stereocenters. The van der Waals surface area contributed by atoms with Crippen LogP contribution in [0.1, 0.15) is 17.5 Å². The molecule has 6 atom stereocenters. The van der Waals surface area contributed by atoms with Gasteiger partial charge in [0.15, 0.2) is 0 Å². The van der Waals surface area contributed by atoms with Crippen LogP contribution in [0.15, 0.2) is 30.4 Å². The quantitative estimate of drug-likeness (QED) is 0.672. The Balaban J connectivity index is 1.33. The van der Waals surface area contributed by atoms with E-state index in [1.165, 1.54) is 4.90 Å². The molecule has 1 saturated heterocycles. The molecule has 1 aromatic rings. The minimum absolute atomic E-state index is 0.152. The van der Waals surface area contributed by atoms with Crippen molar-refractivity contribution in [3.63, 3.8) is 0 Å². The second-order valence-corrected chi connectivity index (χ2v) is 8.28. The summed E-state index contributed by atoms with van der Waals surface area (Å²) in [7, 11) is 0. The molecule has 0 spiro atoms. The van der Waals surface area contributed by atoms with Crippen molar-refractivity contribution < 1.29 is 14.4 Å². The van der Waals surface area contributed by atoms with Crippen molar-refractivity contribution >= 4 is 23.4 Å². The summed E-state index contributed by atoms with van der Waals surface area (Å²) in [4.78, 5) is 39.5. The van der Waals surface area contributed by atoms with Crippen molar-refractivity contribution in [3.8, 4) is 0 Å². The van der Waals surface area contributed by atoms with Gasteiger partial charge in [0.25, 0.3) is 0 Å². The van der Waals surface area contributed by atoms with Gasteiger partial charge in [-0.2, -0.15) is 0 Å². The molecule has 4 aliphatic carbocycles. The fourth-order valence-electron chi connectivity index (χ4n) is 5.46. The van der Waals surface area contributed by atoms with Gasteiger partial charge < -0.3 is 5.32 Å². The Morgan fingerprint density at radius 2 is 1.69 bits per heavy atom. The summed E-state index contributed by atoms with van der Waals surface area (Å²) in [5, 5.41) is 2.84. The van der Waals surface area contributed by atoms with Crippen LogP contribution >= 0.6 is 0 Å². The van der Waals surface area contributed by atoms with Crippen molar-refractivity contribution in [1.82, 2.24) is 4.90 Å². The summed E-state index contributed by atoms with van der Waals surface area (Å²) >= 11 is 0. The third-order valence-electron chi connectivity index (χ3n) is 6.71. The molecule has 1 heterocycles. The number of carbonyl (C=O) groups is 3. The van der Waals surface area contributed by atoms with E-state index in [4.69, 9.17) is 0 Å². The maximum absolute atomic E-state index is 12.9. The van der Waals surface area contributed by atoms with E-state index in [1.54, 1.807) is 0 Å². The minimum atomic E-state index is -0.317. The van der Waals surface area contributed by atoms with Crippen molar-refractivity contribution in [3.05, 3.63) is 41.5 Å². The highest BCUT2D eigenvalue weighted by Crippen LogP contribution is 2.65. The molecule has 5 nitrogen and oxygen atoms in total. The average molecular weight is 350 g/mol. The van der Waals surface area contributed by atoms with Gasteiger partial charge in [-0.15, -0.1) is 0 Å². The van der Waals surface area contributed by atoms with E-state index in [1.807, 2.05) is 32.0 Å². The Morgan fingerprint density at radius 1 is 1.08 bits per heavy atom. The van der Waals surface area contributed by atoms with E-state index in [9.17, 15) is 14.4 Å². The highest BCUT2D eigenvalue weighted by Gasteiger charge is 2.67. The summed E-state index contributed by atoms with van der Waals surface area (Å²) in [5.41, 5.74) is 2.81. The van der Waals surface area contributed by atoms with Crippen LogP contribution in [-0.4, -0.2) is 29.2 Å².